The number of hydrogen-bond donors (Lipinski definition) is 2. The fraction of sp³-hybridized carbons (Fsp3) is 0.440. The minimum atomic E-state index is -0.590. The number of carbonyl (C=O) groups is 2. The van der Waals surface area contributed by atoms with E-state index in [4.69, 9.17) is 0 Å². The highest BCUT2D eigenvalue weighted by molar-refractivity contribution is 6.00. The molecule has 0 bridgehead atoms. The number of amides is 1. The molecule has 0 aliphatic rings. The van der Waals surface area contributed by atoms with Gasteiger partial charge in [0.15, 0.2) is 5.78 Å². The summed E-state index contributed by atoms with van der Waals surface area (Å²) in [5.74, 6) is -0.409. The van der Waals surface area contributed by atoms with Gasteiger partial charge in [0.05, 0.1) is 17.8 Å². The summed E-state index contributed by atoms with van der Waals surface area (Å²) in [6.45, 7) is 15.6. The zero-order valence-electron chi connectivity index (χ0n) is 20.2. The normalized spacial score (nSPS) is 10.3. The molecule has 0 radical (unpaired) electrons. The highest BCUT2D eigenvalue weighted by atomic mass is 16.2. The fourth-order valence-electron chi connectivity index (χ4n) is 2.55. The van der Waals surface area contributed by atoms with E-state index in [1.807, 2.05) is 46.8 Å². The van der Waals surface area contributed by atoms with Crippen molar-refractivity contribution in [2.75, 3.05) is 0 Å². The summed E-state index contributed by atoms with van der Waals surface area (Å²) in [5.41, 5.74) is 2.98. The highest BCUT2D eigenvalue weighted by Crippen LogP contribution is 2.15. The van der Waals surface area contributed by atoms with Crippen LogP contribution >= 0.6 is 0 Å². The zero-order valence-corrected chi connectivity index (χ0v) is 20.2. The van der Waals surface area contributed by atoms with Gasteiger partial charge in [-0.2, -0.15) is 0 Å². The minimum absolute atomic E-state index is 0.0965. The van der Waals surface area contributed by atoms with Crippen LogP contribution in [0.3, 0.4) is 0 Å². The Balaban J connectivity index is 0.00000116. The van der Waals surface area contributed by atoms with Crippen LogP contribution in [-0.4, -0.2) is 32.7 Å². The lowest BCUT2D eigenvalue weighted by Gasteiger charge is -2.15. The van der Waals surface area contributed by atoms with E-state index >= 15 is 0 Å². The maximum atomic E-state index is 12.5. The number of fused-ring (bicyclic) bond motifs is 1. The van der Waals surface area contributed by atoms with Gasteiger partial charge in [-0.3, -0.25) is 19.6 Å². The average Bonchev–Trinajstić information content (AvgIpc) is 3.21. The molecule has 0 aromatic carbocycles. The second kappa shape index (κ2) is 15.8. The van der Waals surface area contributed by atoms with Crippen LogP contribution in [0.25, 0.3) is 10.9 Å². The SMILES string of the molecule is CC.CC.CC(=O)[C@H](Cc1cccnc1)NC(=O)c1cc2cc(C)ncc2[nH]1.CCC. The van der Waals surface area contributed by atoms with Gasteiger partial charge in [0, 0.05) is 29.9 Å². The van der Waals surface area contributed by atoms with Crippen molar-refractivity contribution in [1.82, 2.24) is 20.3 Å². The third-order valence-corrected chi connectivity index (χ3v) is 3.85. The number of ketones is 1. The summed E-state index contributed by atoms with van der Waals surface area (Å²) in [7, 11) is 0. The minimum Gasteiger partial charge on any atom is -0.349 e. The van der Waals surface area contributed by atoms with Crippen LogP contribution in [-0.2, 0) is 11.2 Å². The first-order valence-corrected chi connectivity index (χ1v) is 11.1. The summed E-state index contributed by atoms with van der Waals surface area (Å²) in [6, 6.07) is 6.77. The van der Waals surface area contributed by atoms with E-state index in [1.165, 1.54) is 13.3 Å². The lowest BCUT2D eigenvalue weighted by molar-refractivity contribution is -0.118. The van der Waals surface area contributed by atoms with E-state index in [-0.39, 0.29) is 11.7 Å². The van der Waals surface area contributed by atoms with Gasteiger partial charge < -0.3 is 10.3 Å². The number of carbonyl (C=O) groups excluding carboxylic acids is 2. The van der Waals surface area contributed by atoms with Crippen molar-refractivity contribution < 1.29 is 9.59 Å². The van der Waals surface area contributed by atoms with Gasteiger partial charge in [-0.25, -0.2) is 0 Å². The van der Waals surface area contributed by atoms with Crippen molar-refractivity contribution in [2.24, 2.45) is 0 Å². The van der Waals surface area contributed by atoms with E-state index in [0.29, 0.717) is 12.1 Å². The van der Waals surface area contributed by atoms with Gasteiger partial charge in [0.1, 0.15) is 5.69 Å². The molecule has 170 valence electrons. The van der Waals surface area contributed by atoms with E-state index in [0.717, 1.165) is 22.2 Å². The highest BCUT2D eigenvalue weighted by Gasteiger charge is 2.19. The molecule has 3 aromatic rings. The molecule has 3 heterocycles. The Morgan fingerprint density at radius 2 is 1.74 bits per heavy atom. The Kier molecular flexibility index (Phi) is 14.2. The Hall–Kier alpha value is -3.02. The van der Waals surface area contributed by atoms with E-state index < -0.39 is 6.04 Å². The Morgan fingerprint density at radius 3 is 2.29 bits per heavy atom. The molecule has 3 aromatic heterocycles. The largest absolute Gasteiger partial charge is 0.349 e. The predicted octanol–water partition coefficient (Wildman–Crippen LogP) is 5.67. The van der Waals surface area contributed by atoms with Crippen molar-refractivity contribution in [3.8, 4) is 0 Å². The zero-order chi connectivity index (χ0) is 23.8. The van der Waals surface area contributed by atoms with Crippen LogP contribution in [0.1, 0.15) is 76.6 Å². The first-order chi connectivity index (χ1) is 14.9. The lowest BCUT2D eigenvalue weighted by atomic mass is 10.0. The van der Waals surface area contributed by atoms with Crippen LogP contribution in [0.15, 0.2) is 42.9 Å². The van der Waals surface area contributed by atoms with Gasteiger partial charge in [-0.1, -0.05) is 54.0 Å². The molecule has 2 N–H and O–H groups in total. The second-order valence-electron chi connectivity index (χ2n) is 6.51. The number of nitrogens with zero attached hydrogens (tertiary/aromatic N) is 2. The van der Waals surface area contributed by atoms with Crippen molar-refractivity contribution in [3.05, 3.63) is 59.8 Å². The molecular formula is C25H38N4O2. The molecule has 3 rings (SSSR count). The Bertz CT molecular complexity index is 904. The topological polar surface area (TPSA) is 87.7 Å². The molecule has 0 saturated carbocycles. The molecule has 1 atom stereocenters. The molecule has 31 heavy (non-hydrogen) atoms. The number of aryl methyl sites for hydroxylation is 1. The van der Waals surface area contributed by atoms with E-state index in [2.05, 4.69) is 34.1 Å². The van der Waals surface area contributed by atoms with E-state index in [1.54, 1.807) is 30.7 Å². The molecule has 1 amide bonds. The molecule has 0 fully saturated rings. The number of rotatable bonds is 5. The number of nitrogens with one attached hydrogen (secondary N) is 2. The molecular weight excluding hydrogens is 388 g/mol. The van der Waals surface area contributed by atoms with Crippen LogP contribution in [0.2, 0.25) is 0 Å². The summed E-state index contributed by atoms with van der Waals surface area (Å²) in [6.07, 6.45) is 6.72. The van der Waals surface area contributed by atoms with Gasteiger partial charge in [0.2, 0.25) is 0 Å². The standard InChI is InChI=1S/C18H18N4O2.C3H8.2C2H6/c1-11-6-14-8-16(21-17(14)10-20-11)18(24)22-15(12(2)23)7-13-4-3-5-19-9-13;1-3-2;2*1-2/h3-6,8-10,15,21H,7H2,1-2H3,(H,22,24);3H2,1-2H3;2*1-2H3/t15-;;;/m0.../s1. The number of H-pyrrole nitrogens is 1. The third kappa shape index (κ3) is 9.55. The lowest BCUT2D eigenvalue weighted by Crippen LogP contribution is -2.41. The van der Waals surface area contributed by atoms with Gasteiger partial charge >= 0.3 is 0 Å². The number of hydrogen-bond acceptors (Lipinski definition) is 4. The monoisotopic (exact) mass is 426 g/mol. The third-order valence-electron chi connectivity index (χ3n) is 3.85. The number of Topliss-reactive ketones (excluding diaryl/α,β-unsaturated/α-hetero) is 1. The number of aromatic nitrogens is 3. The van der Waals surface area contributed by atoms with Crippen LogP contribution in [0, 0.1) is 6.92 Å². The van der Waals surface area contributed by atoms with Gasteiger partial charge in [-0.05, 0) is 37.6 Å². The second-order valence-corrected chi connectivity index (χ2v) is 6.51. The molecule has 6 nitrogen and oxygen atoms in total. The smallest absolute Gasteiger partial charge is 0.268 e. The average molecular weight is 427 g/mol. The molecule has 0 aliphatic carbocycles. The van der Waals surface area contributed by atoms with Gasteiger partial charge in [-0.15, -0.1) is 0 Å². The van der Waals surface area contributed by atoms with Crippen molar-refractivity contribution in [1.29, 1.82) is 0 Å². The number of pyridine rings is 2. The molecule has 0 aliphatic heterocycles. The summed E-state index contributed by atoms with van der Waals surface area (Å²) >= 11 is 0. The Morgan fingerprint density at radius 1 is 1.10 bits per heavy atom. The molecule has 0 saturated heterocycles. The van der Waals surface area contributed by atoms with Gasteiger partial charge in [0.25, 0.3) is 5.91 Å². The molecule has 0 spiro atoms. The van der Waals surface area contributed by atoms with Crippen LogP contribution in [0.5, 0.6) is 0 Å². The maximum absolute atomic E-state index is 12.5. The summed E-state index contributed by atoms with van der Waals surface area (Å²) in [5, 5.41) is 3.70. The maximum Gasteiger partial charge on any atom is 0.268 e. The van der Waals surface area contributed by atoms with Crippen LogP contribution in [0.4, 0.5) is 0 Å². The molecule has 0 unspecified atom stereocenters. The predicted molar refractivity (Wildman–Crippen MR) is 129 cm³/mol. The first-order valence-electron chi connectivity index (χ1n) is 11.1. The molecule has 6 heteroatoms. The first kappa shape index (κ1) is 28.0. The van der Waals surface area contributed by atoms with Crippen molar-refractivity contribution in [2.45, 2.75) is 74.3 Å². The fourth-order valence-corrected chi connectivity index (χ4v) is 2.55. The van der Waals surface area contributed by atoms with E-state index in [9.17, 15) is 9.59 Å². The quantitative estimate of drug-likeness (QED) is 0.550. The van der Waals surface area contributed by atoms with Crippen molar-refractivity contribution in [3.63, 3.8) is 0 Å². The number of aromatic amines is 1. The summed E-state index contributed by atoms with van der Waals surface area (Å²) in [4.78, 5) is 35.6. The summed E-state index contributed by atoms with van der Waals surface area (Å²) < 4.78 is 0. The van der Waals surface area contributed by atoms with Crippen molar-refractivity contribution >= 4 is 22.6 Å². The Labute approximate surface area is 186 Å². The van der Waals surface area contributed by atoms with Crippen LogP contribution < -0.4 is 5.32 Å².